The van der Waals surface area contributed by atoms with Crippen molar-refractivity contribution in [3.8, 4) is 5.69 Å². The lowest BCUT2D eigenvalue weighted by Crippen LogP contribution is -2.19. The smallest absolute Gasteiger partial charge is 0.337 e. The summed E-state index contributed by atoms with van der Waals surface area (Å²) in [5, 5.41) is 13.0. The molecule has 168 valence electrons. The highest BCUT2D eigenvalue weighted by Gasteiger charge is 2.25. The van der Waals surface area contributed by atoms with Crippen molar-refractivity contribution in [3.05, 3.63) is 86.0 Å². The van der Waals surface area contributed by atoms with Crippen LogP contribution in [0.2, 0.25) is 5.02 Å². The third-order valence-corrected chi connectivity index (χ3v) is 6.88. The molecule has 8 heteroatoms. The first-order chi connectivity index (χ1) is 15.7. The lowest BCUT2D eigenvalue weighted by Gasteiger charge is -2.11. The van der Waals surface area contributed by atoms with E-state index in [4.69, 9.17) is 11.6 Å². The number of nitrogens with zero attached hydrogens (tertiary/aromatic N) is 2. The number of hydrogen-bond acceptors (Lipinski definition) is 4. The standard InChI is InChI=1S/C25H22ClN3O3S/c1-13-6-5-7-21(15(13)3)27-25-28-23(30)22(33-25)11-17-10-14(2)29(16(17)4)18-8-9-20(26)19(12-18)24(31)32/h5-12H,1-4H3,(H,31,32)(H,27,28,30)/b22-11-. The molecular weight excluding hydrogens is 458 g/mol. The second kappa shape index (κ2) is 8.92. The van der Waals surface area contributed by atoms with Crippen molar-refractivity contribution in [2.24, 2.45) is 4.99 Å². The molecule has 0 radical (unpaired) electrons. The minimum Gasteiger partial charge on any atom is -0.478 e. The maximum absolute atomic E-state index is 12.6. The molecule has 0 unspecified atom stereocenters. The van der Waals surface area contributed by atoms with Gasteiger partial charge in [-0.1, -0.05) is 23.7 Å². The number of nitrogens with one attached hydrogen (secondary N) is 1. The zero-order chi connectivity index (χ0) is 23.9. The number of carboxylic acid groups (broad SMARTS) is 1. The number of carboxylic acids is 1. The Kier molecular flexibility index (Phi) is 6.19. The Morgan fingerprint density at radius 2 is 1.91 bits per heavy atom. The van der Waals surface area contributed by atoms with Gasteiger partial charge in [0.05, 0.1) is 21.2 Å². The fourth-order valence-corrected chi connectivity index (χ4v) is 4.76. The first kappa shape index (κ1) is 22.9. The molecule has 2 heterocycles. The summed E-state index contributed by atoms with van der Waals surface area (Å²) in [6.07, 6.45) is 1.83. The number of thioether (sulfide) groups is 1. The summed E-state index contributed by atoms with van der Waals surface area (Å²) in [5.41, 5.74) is 6.43. The van der Waals surface area contributed by atoms with Gasteiger partial charge in [0.1, 0.15) is 0 Å². The van der Waals surface area contributed by atoms with E-state index in [-0.39, 0.29) is 16.5 Å². The van der Waals surface area contributed by atoms with Crippen LogP contribution in [0.1, 0.15) is 38.4 Å². The summed E-state index contributed by atoms with van der Waals surface area (Å²) >= 11 is 7.32. The van der Waals surface area contributed by atoms with E-state index in [1.54, 1.807) is 18.2 Å². The van der Waals surface area contributed by atoms with Gasteiger partial charge in [-0.25, -0.2) is 9.79 Å². The monoisotopic (exact) mass is 479 g/mol. The molecule has 6 nitrogen and oxygen atoms in total. The topological polar surface area (TPSA) is 83.7 Å². The van der Waals surface area contributed by atoms with Gasteiger partial charge in [0.15, 0.2) is 5.17 Å². The first-order valence-corrected chi connectivity index (χ1v) is 11.4. The number of aryl methyl sites for hydroxylation is 2. The number of aromatic nitrogens is 1. The Bertz CT molecular complexity index is 1370. The van der Waals surface area contributed by atoms with Gasteiger partial charge in [0, 0.05) is 17.1 Å². The third kappa shape index (κ3) is 4.47. The van der Waals surface area contributed by atoms with E-state index in [0.29, 0.717) is 15.8 Å². The quantitative estimate of drug-likeness (QED) is 0.452. The number of rotatable bonds is 4. The van der Waals surface area contributed by atoms with Crippen LogP contribution < -0.4 is 5.32 Å². The summed E-state index contributed by atoms with van der Waals surface area (Å²) in [4.78, 5) is 29.2. The van der Waals surface area contributed by atoms with Crippen LogP contribution in [0.5, 0.6) is 0 Å². The molecule has 1 saturated heterocycles. The average Bonchev–Trinajstić information content (AvgIpc) is 3.24. The number of carbonyl (C=O) groups is 2. The van der Waals surface area contributed by atoms with Gasteiger partial charge in [0.2, 0.25) is 0 Å². The molecule has 0 saturated carbocycles. The van der Waals surface area contributed by atoms with Crippen LogP contribution in [0.3, 0.4) is 0 Å². The second-order valence-corrected chi connectivity index (χ2v) is 9.27. The van der Waals surface area contributed by atoms with Crippen molar-refractivity contribution in [1.82, 2.24) is 9.88 Å². The lowest BCUT2D eigenvalue weighted by molar-refractivity contribution is -0.115. The van der Waals surface area contributed by atoms with E-state index in [1.165, 1.54) is 11.8 Å². The van der Waals surface area contributed by atoms with Crippen LogP contribution in [-0.2, 0) is 4.79 Å². The number of amidine groups is 1. The van der Waals surface area contributed by atoms with E-state index < -0.39 is 5.97 Å². The first-order valence-electron chi connectivity index (χ1n) is 10.2. The highest BCUT2D eigenvalue weighted by atomic mass is 35.5. The van der Waals surface area contributed by atoms with Crippen LogP contribution in [0.4, 0.5) is 5.69 Å². The predicted molar refractivity (Wildman–Crippen MR) is 134 cm³/mol. The Morgan fingerprint density at radius 3 is 2.64 bits per heavy atom. The number of hydrogen-bond donors (Lipinski definition) is 2. The van der Waals surface area contributed by atoms with E-state index in [9.17, 15) is 14.7 Å². The van der Waals surface area contributed by atoms with Crippen molar-refractivity contribution < 1.29 is 14.7 Å². The molecule has 0 spiro atoms. The summed E-state index contributed by atoms with van der Waals surface area (Å²) in [5.74, 6) is -1.28. The molecule has 1 aliphatic rings. The highest BCUT2D eigenvalue weighted by Crippen LogP contribution is 2.32. The van der Waals surface area contributed by atoms with Crippen molar-refractivity contribution in [1.29, 1.82) is 0 Å². The minimum absolute atomic E-state index is 0.0413. The van der Waals surface area contributed by atoms with Gasteiger partial charge in [0.25, 0.3) is 5.91 Å². The van der Waals surface area contributed by atoms with Gasteiger partial charge in [-0.2, -0.15) is 0 Å². The lowest BCUT2D eigenvalue weighted by atomic mass is 10.1. The van der Waals surface area contributed by atoms with Gasteiger partial charge in [-0.15, -0.1) is 0 Å². The summed E-state index contributed by atoms with van der Waals surface area (Å²) < 4.78 is 1.94. The van der Waals surface area contributed by atoms with Crippen LogP contribution >= 0.6 is 23.4 Å². The number of carbonyl (C=O) groups excluding carboxylic acids is 1. The third-order valence-electron chi connectivity index (χ3n) is 5.64. The van der Waals surface area contributed by atoms with E-state index >= 15 is 0 Å². The molecule has 0 bridgehead atoms. The van der Waals surface area contributed by atoms with E-state index in [0.717, 1.165) is 33.8 Å². The number of aliphatic imine (C=N–C) groups is 1. The van der Waals surface area contributed by atoms with Gasteiger partial charge in [-0.05, 0) is 92.6 Å². The Hall–Kier alpha value is -3.29. The van der Waals surface area contributed by atoms with Crippen molar-refractivity contribution in [2.45, 2.75) is 27.7 Å². The molecule has 1 amide bonds. The zero-order valence-electron chi connectivity index (χ0n) is 18.6. The fraction of sp³-hybridized carbons (Fsp3) is 0.160. The molecular formula is C25H22ClN3O3S. The molecule has 1 aliphatic heterocycles. The minimum atomic E-state index is -1.08. The average molecular weight is 480 g/mol. The van der Waals surface area contributed by atoms with Crippen LogP contribution in [-0.4, -0.2) is 26.7 Å². The Balaban J connectivity index is 1.68. The molecule has 1 fully saturated rings. The summed E-state index contributed by atoms with van der Waals surface area (Å²) in [6, 6.07) is 12.8. The van der Waals surface area contributed by atoms with E-state index in [2.05, 4.69) is 10.3 Å². The predicted octanol–water partition coefficient (Wildman–Crippen LogP) is 5.95. The Morgan fingerprint density at radius 1 is 1.15 bits per heavy atom. The molecule has 0 aliphatic carbocycles. The molecule has 2 aromatic carbocycles. The maximum Gasteiger partial charge on any atom is 0.337 e. The van der Waals surface area contributed by atoms with Gasteiger partial charge in [-0.3, -0.25) is 4.79 Å². The largest absolute Gasteiger partial charge is 0.478 e. The molecule has 4 rings (SSSR count). The zero-order valence-corrected chi connectivity index (χ0v) is 20.1. The molecule has 2 N–H and O–H groups in total. The van der Waals surface area contributed by atoms with E-state index in [1.807, 2.05) is 62.6 Å². The second-order valence-electron chi connectivity index (χ2n) is 7.83. The molecule has 3 aromatic rings. The number of benzene rings is 2. The Labute approximate surface area is 201 Å². The van der Waals surface area contributed by atoms with Crippen LogP contribution in [0.25, 0.3) is 11.8 Å². The fourth-order valence-electron chi connectivity index (χ4n) is 3.74. The van der Waals surface area contributed by atoms with Crippen molar-refractivity contribution in [3.63, 3.8) is 0 Å². The maximum atomic E-state index is 12.6. The summed E-state index contributed by atoms with van der Waals surface area (Å²) in [6.45, 7) is 7.89. The normalized spacial score (nSPS) is 16.0. The summed E-state index contributed by atoms with van der Waals surface area (Å²) in [7, 11) is 0. The van der Waals surface area contributed by atoms with Crippen LogP contribution in [0, 0.1) is 27.7 Å². The van der Waals surface area contributed by atoms with Gasteiger partial charge >= 0.3 is 5.97 Å². The SMILES string of the molecule is Cc1cccc(N=C2NC(=O)/C(=C/c3cc(C)n(-c4ccc(Cl)c(C(=O)O)c4)c3C)S2)c1C. The number of amides is 1. The molecule has 0 atom stereocenters. The van der Waals surface area contributed by atoms with Crippen LogP contribution in [0.15, 0.2) is 52.4 Å². The van der Waals surface area contributed by atoms with Crippen molar-refractivity contribution in [2.75, 3.05) is 0 Å². The highest BCUT2D eigenvalue weighted by molar-refractivity contribution is 8.18. The molecule has 33 heavy (non-hydrogen) atoms. The van der Waals surface area contributed by atoms with Gasteiger partial charge < -0.3 is 15.0 Å². The number of aromatic carboxylic acids is 1. The van der Waals surface area contributed by atoms with Crippen molar-refractivity contribution >= 4 is 52.2 Å². The number of halogens is 1. The molecule has 1 aromatic heterocycles.